The van der Waals surface area contributed by atoms with Gasteiger partial charge in [0.1, 0.15) is 0 Å². The van der Waals surface area contributed by atoms with E-state index in [0.717, 1.165) is 13.1 Å². The topological polar surface area (TPSA) is 32.8 Å². The van der Waals surface area contributed by atoms with Crippen LogP contribution in [0, 0.1) is 19.7 Å². The Labute approximate surface area is 160 Å². The van der Waals surface area contributed by atoms with Crippen LogP contribution in [0.3, 0.4) is 0 Å². The van der Waals surface area contributed by atoms with E-state index < -0.39 is 11.9 Å². The molecule has 0 unspecified atom stereocenters. The van der Waals surface area contributed by atoms with Crippen molar-refractivity contribution in [2.45, 2.75) is 33.3 Å². The third-order valence-electron chi connectivity index (χ3n) is 5.26. The van der Waals surface area contributed by atoms with Crippen LogP contribution < -0.4 is 9.64 Å². The molecule has 0 radical (unpaired) electrons. The number of nitrogens with zero attached hydrogens (tertiary/aromatic N) is 2. The normalized spacial score (nSPS) is 15.6. The van der Waals surface area contributed by atoms with Crippen LogP contribution in [0.2, 0.25) is 0 Å². The Kier molecular flexibility index (Phi) is 5.99. The Morgan fingerprint density at radius 1 is 1.07 bits per heavy atom. The molecule has 1 heterocycles. The maximum absolute atomic E-state index is 13.8. The van der Waals surface area contributed by atoms with Gasteiger partial charge in [-0.2, -0.15) is 0 Å². The van der Waals surface area contributed by atoms with Gasteiger partial charge in [-0.1, -0.05) is 31.2 Å². The van der Waals surface area contributed by atoms with E-state index >= 15 is 0 Å². The van der Waals surface area contributed by atoms with Crippen LogP contribution in [-0.4, -0.2) is 43.1 Å². The summed E-state index contributed by atoms with van der Waals surface area (Å²) in [5.74, 6) is -0.378. The van der Waals surface area contributed by atoms with Crippen molar-refractivity contribution in [3.8, 4) is 5.75 Å². The van der Waals surface area contributed by atoms with Crippen LogP contribution in [0.5, 0.6) is 5.75 Å². The molecule has 0 aromatic heterocycles. The van der Waals surface area contributed by atoms with Gasteiger partial charge in [-0.3, -0.25) is 4.79 Å². The summed E-state index contributed by atoms with van der Waals surface area (Å²) in [5.41, 5.74) is 3.79. The smallest absolute Gasteiger partial charge is 0.263 e. The standard InChI is InChI=1S/C22H27FN2O2/c1-4-20(27-21-11-6-5-9-18(21)23)22(26)25-14-12-24(13-15-25)19-10-7-8-16(2)17(19)3/h5-11,20H,4,12-15H2,1-3H3/t20-/m0/s1. The number of rotatable bonds is 5. The molecular formula is C22H27FN2O2. The van der Waals surface area contributed by atoms with Crippen LogP contribution in [0.1, 0.15) is 24.5 Å². The molecule has 1 saturated heterocycles. The molecule has 5 heteroatoms. The Bertz CT molecular complexity index is 801. The maximum atomic E-state index is 13.8. The van der Waals surface area contributed by atoms with Crippen LogP contribution in [0.15, 0.2) is 42.5 Å². The number of ether oxygens (including phenoxy) is 1. The van der Waals surface area contributed by atoms with Crippen LogP contribution >= 0.6 is 0 Å². The molecule has 1 amide bonds. The summed E-state index contributed by atoms with van der Waals surface area (Å²) < 4.78 is 19.5. The predicted octanol–water partition coefficient (Wildman–Crippen LogP) is 3.95. The molecule has 1 fully saturated rings. The summed E-state index contributed by atoms with van der Waals surface area (Å²) in [4.78, 5) is 17.0. The van der Waals surface area contributed by atoms with Crippen LogP contribution in [0.25, 0.3) is 0 Å². The van der Waals surface area contributed by atoms with Gasteiger partial charge in [-0.25, -0.2) is 4.39 Å². The largest absolute Gasteiger partial charge is 0.478 e. The van der Waals surface area contributed by atoms with Gasteiger partial charge in [0.25, 0.3) is 5.91 Å². The number of amides is 1. The molecule has 4 nitrogen and oxygen atoms in total. The van der Waals surface area contributed by atoms with Crippen molar-refractivity contribution in [3.05, 3.63) is 59.4 Å². The minimum absolute atomic E-state index is 0.0682. The lowest BCUT2D eigenvalue weighted by molar-refractivity contribution is -0.139. The third-order valence-corrected chi connectivity index (χ3v) is 5.26. The number of carbonyl (C=O) groups excluding carboxylic acids is 1. The van der Waals surface area contributed by atoms with Gasteiger partial charge in [0, 0.05) is 31.9 Å². The Morgan fingerprint density at radius 3 is 2.44 bits per heavy atom. The second-order valence-corrected chi connectivity index (χ2v) is 6.98. The fourth-order valence-electron chi connectivity index (χ4n) is 3.45. The number of hydrogen-bond acceptors (Lipinski definition) is 3. The minimum Gasteiger partial charge on any atom is -0.478 e. The molecule has 3 rings (SSSR count). The minimum atomic E-state index is -0.658. The summed E-state index contributed by atoms with van der Waals surface area (Å²) >= 11 is 0. The molecule has 0 spiro atoms. The van der Waals surface area contributed by atoms with E-state index in [2.05, 4.69) is 36.9 Å². The first-order chi connectivity index (χ1) is 13.0. The van der Waals surface area contributed by atoms with Crippen molar-refractivity contribution in [1.29, 1.82) is 0 Å². The number of piperazine rings is 1. The van der Waals surface area contributed by atoms with Gasteiger partial charge < -0.3 is 14.5 Å². The zero-order valence-corrected chi connectivity index (χ0v) is 16.2. The number of halogens is 1. The highest BCUT2D eigenvalue weighted by molar-refractivity contribution is 5.81. The van der Waals surface area contributed by atoms with Gasteiger partial charge >= 0.3 is 0 Å². The van der Waals surface area contributed by atoms with Crippen molar-refractivity contribution < 1.29 is 13.9 Å². The molecule has 1 aliphatic heterocycles. The molecule has 144 valence electrons. The highest BCUT2D eigenvalue weighted by Crippen LogP contribution is 2.24. The highest BCUT2D eigenvalue weighted by atomic mass is 19.1. The molecule has 0 aliphatic carbocycles. The van der Waals surface area contributed by atoms with Crippen molar-refractivity contribution in [2.75, 3.05) is 31.1 Å². The van der Waals surface area contributed by atoms with Crippen molar-refractivity contribution in [1.82, 2.24) is 4.90 Å². The summed E-state index contributed by atoms with van der Waals surface area (Å²) in [5, 5.41) is 0. The number of aryl methyl sites for hydroxylation is 1. The molecule has 0 N–H and O–H groups in total. The fraction of sp³-hybridized carbons (Fsp3) is 0.409. The van der Waals surface area contributed by atoms with Crippen LogP contribution in [0.4, 0.5) is 10.1 Å². The lowest BCUT2D eigenvalue weighted by atomic mass is 10.1. The first-order valence-corrected chi connectivity index (χ1v) is 9.52. The van der Waals surface area contributed by atoms with Gasteiger partial charge in [0.05, 0.1) is 0 Å². The van der Waals surface area contributed by atoms with E-state index in [4.69, 9.17) is 4.74 Å². The van der Waals surface area contributed by atoms with Crippen molar-refractivity contribution in [3.63, 3.8) is 0 Å². The molecule has 1 aliphatic rings. The summed E-state index contributed by atoms with van der Waals surface area (Å²) in [6.07, 6.45) is -0.154. The number of anilines is 1. The zero-order chi connectivity index (χ0) is 19.4. The molecule has 1 atom stereocenters. The molecular weight excluding hydrogens is 343 g/mol. The average Bonchev–Trinajstić information content (AvgIpc) is 2.69. The summed E-state index contributed by atoms with van der Waals surface area (Å²) in [7, 11) is 0. The first-order valence-electron chi connectivity index (χ1n) is 9.52. The Hall–Kier alpha value is -2.56. The van der Waals surface area contributed by atoms with Gasteiger partial charge in [-0.05, 0) is 49.6 Å². The van der Waals surface area contributed by atoms with E-state index in [1.807, 2.05) is 11.8 Å². The van der Waals surface area contributed by atoms with E-state index in [-0.39, 0.29) is 11.7 Å². The summed E-state index contributed by atoms with van der Waals surface area (Å²) in [6, 6.07) is 12.5. The molecule has 2 aromatic rings. The summed E-state index contributed by atoms with van der Waals surface area (Å²) in [6.45, 7) is 8.99. The molecule has 0 bridgehead atoms. The molecule has 2 aromatic carbocycles. The highest BCUT2D eigenvalue weighted by Gasteiger charge is 2.28. The van der Waals surface area contributed by atoms with E-state index in [9.17, 15) is 9.18 Å². The van der Waals surface area contributed by atoms with Crippen molar-refractivity contribution >= 4 is 11.6 Å². The number of para-hydroxylation sites is 1. The first kappa shape index (κ1) is 19.2. The average molecular weight is 370 g/mol. The molecule has 27 heavy (non-hydrogen) atoms. The predicted molar refractivity (Wildman–Crippen MR) is 106 cm³/mol. The second kappa shape index (κ2) is 8.42. The van der Waals surface area contributed by atoms with Crippen LogP contribution in [-0.2, 0) is 4.79 Å². The van der Waals surface area contributed by atoms with E-state index in [0.29, 0.717) is 19.5 Å². The molecule has 0 saturated carbocycles. The van der Waals surface area contributed by atoms with E-state index in [1.165, 1.54) is 22.9 Å². The zero-order valence-electron chi connectivity index (χ0n) is 16.2. The Balaban J connectivity index is 1.63. The second-order valence-electron chi connectivity index (χ2n) is 6.98. The maximum Gasteiger partial charge on any atom is 0.263 e. The Morgan fingerprint density at radius 2 is 1.78 bits per heavy atom. The monoisotopic (exact) mass is 370 g/mol. The van der Waals surface area contributed by atoms with Gasteiger partial charge in [-0.15, -0.1) is 0 Å². The van der Waals surface area contributed by atoms with Gasteiger partial charge in [0.2, 0.25) is 0 Å². The number of hydrogen-bond donors (Lipinski definition) is 0. The SMILES string of the molecule is CC[C@H](Oc1ccccc1F)C(=O)N1CCN(c2cccc(C)c2C)CC1. The van der Waals surface area contributed by atoms with Crippen molar-refractivity contribution in [2.24, 2.45) is 0 Å². The van der Waals surface area contributed by atoms with E-state index in [1.54, 1.807) is 18.2 Å². The van der Waals surface area contributed by atoms with Gasteiger partial charge in [0.15, 0.2) is 17.7 Å². The third kappa shape index (κ3) is 4.24. The lowest BCUT2D eigenvalue weighted by Crippen LogP contribution is -2.52. The lowest BCUT2D eigenvalue weighted by Gasteiger charge is -2.38. The number of carbonyl (C=O) groups is 1. The fourth-order valence-corrected chi connectivity index (χ4v) is 3.45. The quantitative estimate of drug-likeness (QED) is 0.799. The number of benzene rings is 2.